The maximum atomic E-state index is 5.29. The van der Waals surface area contributed by atoms with Crippen LogP contribution in [0, 0.1) is 0 Å². The highest BCUT2D eigenvalue weighted by Gasteiger charge is 2.17. The van der Waals surface area contributed by atoms with Crippen molar-refractivity contribution in [2.24, 2.45) is 0 Å². The van der Waals surface area contributed by atoms with Gasteiger partial charge in [0.2, 0.25) is 0 Å². The van der Waals surface area contributed by atoms with Crippen LogP contribution in [-0.4, -0.2) is 19.5 Å². The number of thiophene rings is 1. The molecule has 4 nitrogen and oxygen atoms in total. The summed E-state index contributed by atoms with van der Waals surface area (Å²) in [6.45, 7) is 0. The predicted octanol–water partition coefficient (Wildman–Crippen LogP) is 11.5. The van der Waals surface area contributed by atoms with Crippen LogP contribution in [0.1, 0.15) is 0 Å². The molecule has 0 unspecified atom stereocenters. The van der Waals surface area contributed by atoms with Crippen molar-refractivity contribution in [3.05, 3.63) is 158 Å². The van der Waals surface area contributed by atoms with Crippen LogP contribution in [0.25, 0.3) is 92.6 Å². The molecule has 0 amide bonds. The molecule has 5 heteroatoms. The molecular weight excluding hydrogens is 605 g/mol. The van der Waals surface area contributed by atoms with E-state index in [4.69, 9.17) is 15.0 Å². The van der Waals surface area contributed by atoms with Crippen molar-refractivity contribution in [1.29, 1.82) is 0 Å². The third-order valence-electron chi connectivity index (χ3n) is 9.18. The van der Waals surface area contributed by atoms with Crippen LogP contribution in [0.4, 0.5) is 0 Å². The molecular formula is C43H26N4S. The monoisotopic (exact) mass is 630 g/mol. The zero-order valence-electron chi connectivity index (χ0n) is 25.7. The average Bonchev–Trinajstić information content (AvgIpc) is 3.68. The summed E-state index contributed by atoms with van der Waals surface area (Å²) >= 11 is 1.86. The Morgan fingerprint density at radius 2 is 1.08 bits per heavy atom. The predicted molar refractivity (Wildman–Crippen MR) is 201 cm³/mol. The number of rotatable bonds is 4. The quantitative estimate of drug-likeness (QED) is 0.194. The second-order valence-electron chi connectivity index (χ2n) is 12.1. The van der Waals surface area contributed by atoms with Crippen molar-refractivity contribution in [3.8, 4) is 39.9 Å². The normalized spacial score (nSPS) is 11.8. The van der Waals surface area contributed by atoms with Crippen molar-refractivity contribution in [2.75, 3.05) is 0 Å². The Labute approximate surface area is 280 Å². The van der Waals surface area contributed by atoms with Gasteiger partial charge < -0.3 is 0 Å². The molecule has 6 aromatic carbocycles. The van der Waals surface area contributed by atoms with E-state index in [1.54, 1.807) is 0 Å². The van der Waals surface area contributed by atoms with E-state index in [0.29, 0.717) is 5.82 Å². The summed E-state index contributed by atoms with van der Waals surface area (Å²) in [5.41, 5.74) is 6.69. The van der Waals surface area contributed by atoms with Gasteiger partial charge in [-0.05, 0) is 65.4 Å². The molecule has 0 atom stereocenters. The first-order valence-corrected chi connectivity index (χ1v) is 16.8. The number of fused-ring (bicyclic) bond motifs is 7. The number of aromatic nitrogens is 4. The number of hydrogen-bond donors (Lipinski definition) is 0. The molecule has 10 aromatic rings. The summed E-state index contributed by atoms with van der Waals surface area (Å²) in [6.07, 6.45) is 0. The Hall–Kier alpha value is -6.17. The fraction of sp³-hybridized carbons (Fsp3) is 0. The van der Waals surface area contributed by atoms with E-state index < -0.39 is 0 Å². The Morgan fingerprint density at radius 1 is 0.396 bits per heavy atom. The van der Waals surface area contributed by atoms with Gasteiger partial charge in [-0.3, -0.25) is 4.57 Å². The number of pyridine rings is 1. The number of hydrogen-bond acceptors (Lipinski definition) is 4. The molecule has 10 rings (SSSR count). The number of para-hydroxylation sites is 1. The summed E-state index contributed by atoms with van der Waals surface area (Å²) in [5.74, 6) is 1.52. The van der Waals surface area contributed by atoms with Crippen LogP contribution in [0.15, 0.2) is 158 Å². The van der Waals surface area contributed by atoms with E-state index in [1.807, 2.05) is 72.0 Å². The van der Waals surface area contributed by atoms with Crippen LogP contribution < -0.4 is 0 Å². The minimum Gasteiger partial charge on any atom is -0.294 e. The first-order valence-electron chi connectivity index (χ1n) is 16.0. The Morgan fingerprint density at radius 3 is 1.94 bits per heavy atom. The summed E-state index contributed by atoms with van der Waals surface area (Å²) in [7, 11) is 0. The van der Waals surface area contributed by atoms with Crippen LogP contribution in [-0.2, 0) is 0 Å². The molecule has 48 heavy (non-hydrogen) atoms. The van der Waals surface area contributed by atoms with E-state index in [9.17, 15) is 0 Å². The molecule has 0 bridgehead atoms. The topological polar surface area (TPSA) is 43.6 Å². The third kappa shape index (κ3) is 4.33. The van der Waals surface area contributed by atoms with E-state index in [-0.39, 0.29) is 0 Å². The van der Waals surface area contributed by atoms with Crippen LogP contribution in [0.3, 0.4) is 0 Å². The molecule has 224 valence electrons. The maximum Gasteiger partial charge on any atom is 0.160 e. The second-order valence-corrected chi connectivity index (χ2v) is 13.2. The molecule has 0 radical (unpaired) electrons. The molecule has 0 N–H and O–H groups in total. The average molecular weight is 631 g/mol. The second kappa shape index (κ2) is 10.7. The highest BCUT2D eigenvalue weighted by molar-refractivity contribution is 7.25. The highest BCUT2D eigenvalue weighted by atomic mass is 32.1. The van der Waals surface area contributed by atoms with Crippen molar-refractivity contribution < 1.29 is 0 Å². The lowest BCUT2D eigenvalue weighted by Crippen LogP contribution is -2.01. The summed E-state index contributed by atoms with van der Waals surface area (Å²) in [6, 6.07) is 55.3. The zero-order valence-corrected chi connectivity index (χ0v) is 26.5. The standard InChI is InChI=1S/C43H26N4S/c1-3-12-27(13-4-1)36-26-37(46-43(45-36)28-14-5-2-6-15-28)35-18-11-21-42(44-35)47-38-19-9-7-16-31(38)33-22-30-25-41-34(23-29(30)24-39(33)47)32-17-8-10-20-40(32)48-41/h1-26H. The van der Waals surface area contributed by atoms with Gasteiger partial charge in [-0.25, -0.2) is 15.0 Å². The van der Waals surface area contributed by atoms with Gasteiger partial charge in [0.05, 0.1) is 28.1 Å². The van der Waals surface area contributed by atoms with Gasteiger partial charge >= 0.3 is 0 Å². The van der Waals surface area contributed by atoms with Gasteiger partial charge in [0, 0.05) is 42.1 Å². The highest BCUT2D eigenvalue weighted by Crippen LogP contribution is 2.40. The fourth-order valence-corrected chi connectivity index (χ4v) is 8.06. The van der Waals surface area contributed by atoms with Gasteiger partial charge in [-0.15, -0.1) is 11.3 Å². The van der Waals surface area contributed by atoms with E-state index in [2.05, 4.69) is 102 Å². The van der Waals surface area contributed by atoms with Crippen molar-refractivity contribution in [1.82, 2.24) is 19.5 Å². The third-order valence-corrected chi connectivity index (χ3v) is 10.3. The maximum absolute atomic E-state index is 5.29. The summed E-state index contributed by atoms with van der Waals surface area (Å²) in [5, 5.41) is 7.49. The zero-order chi connectivity index (χ0) is 31.6. The Balaban J connectivity index is 1.19. The smallest absolute Gasteiger partial charge is 0.160 e. The SMILES string of the molecule is c1ccc(-c2cc(-c3cccc(-n4c5ccccc5c5cc6cc7sc8ccccc8c7cc6cc54)n3)nc(-c3ccccc3)n2)cc1. The molecule has 0 spiro atoms. The lowest BCUT2D eigenvalue weighted by Gasteiger charge is -2.11. The van der Waals surface area contributed by atoms with Crippen LogP contribution in [0.2, 0.25) is 0 Å². The number of benzene rings is 6. The molecule has 4 aromatic heterocycles. The minimum absolute atomic E-state index is 0.676. The van der Waals surface area contributed by atoms with Gasteiger partial charge in [0.1, 0.15) is 5.82 Å². The lowest BCUT2D eigenvalue weighted by molar-refractivity contribution is 1.07. The molecule has 0 saturated heterocycles. The van der Waals surface area contributed by atoms with Crippen molar-refractivity contribution in [2.45, 2.75) is 0 Å². The largest absolute Gasteiger partial charge is 0.294 e. The van der Waals surface area contributed by atoms with Gasteiger partial charge in [0.25, 0.3) is 0 Å². The van der Waals surface area contributed by atoms with Crippen LogP contribution in [0.5, 0.6) is 0 Å². The summed E-state index contributed by atoms with van der Waals surface area (Å²) in [4.78, 5) is 15.3. The van der Waals surface area contributed by atoms with Gasteiger partial charge in [0.15, 0.2) is 5.82 Å². The van der Waals surface area contributed by atoms with E-state index in [0.717, 1.165) is 45.1 Å². The lowest BCUT2D eigenvalue weighted by atomic mass is 10.0. The first kappa shape index (κ1) is 27.0. The van der Waals surface area contributed by atoms with Gasteiger partial charge in [-0.1, -0.05) is 103 Å². The van der Waals surface area contributed by atoms with Crippen molar-refractivity contribution >= 4 is 64.1 Å². The molecule has 0 fully saturated rings. The van der Waals surface area contributed by atoms with E-state index >= 15 is 0 Å². The first-order chi connectivity index (χ1) is 23.8. The summed E-state index contributed by atoms with van der Waals surface area (Å²) < 4.78 is 4.93. The molecule has 0 aliphatic carbocycles. The molecule has 0 aliphatic heterocycles. The van der Waals surface area contributed by atoms with Crippen LogP contribution >= 0.6 is 11.3 Å². The van der Waals surface area contributed by atoms with E-state index in [1.165, 1.54) is 41.7 Å². The molecule has 0 saturated carbocycles. The molecule has 0 aliphatic rings. The van der Waals surface area contributed by atoms with Gasteiger partial charge in [-0.2, -0.15) is 0 Å². The fourth-order valence-electron chi connectivity index (χ4n) is 6.92. The van der Waals surface area contributed by atoms with Crippen molar-refractivity contribution in [3.63, 3.8) is 0 Å². The number of nitrogens with zero attached hydrogens (tertiary/aromatic N) is 4. The minimum atomic E-state index is 0.676. The Kier molecular flexibility index (Phi) is 6.01. The Bertz CT molecular complexity index is 2780. The molecule has 4 heterocycles.